The van der Waals surface area contributed by atoms with E-state index in [1.54, 1.807) is 29.3 Å². The van der Waals surface area contributed by atoms with Crippen molar-refractivity contribution in [1.82, 2.24) is 9.97 Å². The summed E-state index contributed by atoms with van der Waals surface area (Å²) in [5, 5.41) is 3.01. The summed E-state index contributed by atoms with van der Waals surface area (Å²) >= 11 is 3.22. The summed E-state index contributed by atoms with van der Waals surface area (Å²) in [6, 6.07) is 1.93. The predicted octanol–water partition coefficient (Wildman–Crippen LogP) is 2.89. The van der Waals surface area contributed by atoms with Gasteiger partial charge in [0.2, 0.25) is 0 Å². The zero-order chi connectivity index (χ0) is 10.8. The number of nitrogens with zero attached hydrogens (tertiary/aromatic N) is 2. The van der Waals surface area contributed by atoms with Crippen molar-refractivity contribution >= 4 is 28.8 Å². The van der Waals surface area contributed by atoms with Crippen LogP contribution in [0.25, 0.3) is 0 Å². The summed E-state index contributed by atoms with van der Waals surface area (Å²) in [4.78, 5) is 8.67. The number of hydrogen-bond donors (Lipinski definition) is 1. The monoisotopic (exact) mass is 237 g/mol. The number of anilines is 1. The minimum Gasteiger partial charge on any atom is -0.397 e. The number of thiazole rings is 1. The molecule has 0 fully saturated rings. The van der Waals surface area contributed by atoms with Gasteiger partial charge in [0.25, 0.3) is 0 Å². The molecule has 0 saturated heterocycles. The quantitative estimate of drug-likeness (QED) is 0.872. The van der Waals surface area contributed by atoms with Crippen LogP contribution >= 0.6 is 23.1 Å². The first-order chi connectivity index (χ1) is 7.15. The minimum absolute atomic E-state index is 0.701. The SMILES string of the molecule is Cc1csc(Sc2ncc(N)cc2C)n1. The lowest BCUT2D eigenvalue weighted by Crippen LogP contribution is -1.90. The molecule has 2 aromatic rings. The fourth-order valence-electron chi connectivity index (χ4n) is 1.15. The lowest BCUT2D eigenvalue weighted by molar-refractivity contribution is 1.07. The van der Waals surface area contributed by atoms with Gasteiger partial charge < -0.3 is 5.73 Å². The number of aryl methyl sites for hydroxylation is 2. The van der Waals surface area contributed by atoms with Gasteiger partial charge in [0, 0.05) is 11.1 Å². The van der Waals surface area contributed by atoms with Crippen molar-refractivity contribution in [1.29, 1.82) is 0 Å². The molecule has 0 amide bonds. The van der Waals surface area contributed by atoms with E-state index in [-0.39, 0.29) is 0 Å². The maximum absolute atomic E-state index is 5.64. The minimum atomic E-state index is 0.701. The summed E-state index contributed by atoms with van der Waals surface area (Å²) < 4.78 is 1.02. The number of pyridine rings is 1. The van der Waals surface area contributed by atoms with E-state index in [1.807, 2.05) is 25.3 Å². The lowest BCUT2D eigenvalue weighted by atomic mass is 10.3. The third-order valence-corrected chi connectivity index (χ3v) is 4.01. The topological polar surface area (TPSA) is 51.8 Å². The zero-order valence-corrected chi connectivity index (χ0v) is 10.2. The highest BCUT2D eigenvalue weighted by molar-refractivity contribution is 8.01. The van der Waals surface area contributed by atoms with Gasteiger partial charge in [0.05, 0.1) is 11.9 Å². The van der Waals surface area contributed by atoms with Gasteiger partial charge >= 0.3 is 0 Å². The first kappa shape index (κ1) is 10.4. The van der Waals surface area contributed by atoms with E-state index < -0.39 is 0 Å². The van der Waals surface area contributed by atoms with Crippen molar-refractivity contribution < 1.29 is 0 Å². The Kier molecular flexibility index (Phi) is 2.93. The molecule has 5 heteroatoms. The largest absolute Gasteiger partial charge is 0.397 e. The number of nitrogens with two attached hydrogens (primary N) is 1. The van der Waals surface area contributed by atoms with Gasteiger partial charge in [-0.3, -0.25) is 0 Å². The van der Waals surface area contributed by atoms with Crippen LogP contribution in [0.3, 0.4) is 0 Å². The van der Waals surface area contributed by atoms with Crippen molar-refractivity contribution in [2.75, 3.05) is 5.73 Å². The molecule has 78 valence electrons. The first-order valence-corrected chi connectivity index (χ1v) is 6.17. The van der Waals surface area contributed by atoms with Crippen LogP contribution < -0.4 is 5.73 Å². The molecule has 0 aromatic carbocycles. The van der Waals surface area contributed by atoms with Gasteiger partial charge in [-0.1, -0.05) is 0 Å². The Morgan fingerprint density at radius 1 is 1.40 bits per heavy atom. The van der Waals surface area contributed by atoms with Gasteiger partial charge in [0.1, 0.15) is 5.03 Å². The van der Waals surface area contributed by atoms with Crippen LogP contribution in [0, 0.1) is 13.8 Å². The molecule has 2 aromatic heterocycles. The maximum atomic E-state index is 5.64. The van der Waals surface area contributed by atoms with E-state index in [0.29, 0.717) is 5.69 Å². The molecule has 2 rings (SSSR count). The third kappa shape index (κ3) is 2.49. The Labute approximate surface area is 96.8 Å². The van der Waals surface area contributed by atoms with Crippen molar-refractivity contribution in [3.8, 4) is 0 Å². The Balaban J connectivity index is 2.24. The second-order valence-electron chi connectivity index (χ2n) is 3.25. The number of nitrogen functional groups attached to an aromatic ring is 1. The lowest BCUT2D eigenvalue weighted by Gasteiger charge is -2.02. The van der Waals surface area contributed by atoms with Gasteiger partial charge in [-0.2, -0.15) is 0 Å². The molecule has 3 nitrogen and oxygen atoms in total. The van der Waals surface area contributed by atoms with Crippen molar-refractivity contribution in [2.45, 2.75) is 23.2 Å². The second-order valence-corrected chi connectivity index (χ2v) is 5.34. The smallest absolute Gasteiger partial charge is 0.156 e. The van der Waals surface area contributed by atoms with Crippen LogP contribution in [0.15, 0.2) is 27.0 Å². The fraction of sp³-hybridized carbons (Fsp3) is 0.200. The summed E-state index contributed by atoms with van der Waals surface area (Å²) in [5.41, 5.74) is 8.48. The standard InChI is InChI=1S/C10H11N3S2/c1-6-3-8(11)4-12-9(6)15-10-13-7(2)5-14-10/h3-5H,11H2,1-2H3. The van der Waals surface area contributed by atoms with E-state index in [1.165, 1.54) is 0 Å². The highest BCUT2D eigenvalue weighted by Gasteiger charge is 2.06. The van der Waals surface area contributed by atoms with Crippen molar-refractivity contribution in [3.63, 3.8) is 0 Å². The van der Waals surface area contributed by atoms with Crippen LogP contribution in [-0.4, -0.2) is 9.97 Å². The first-order valence-electron chi connectivity index (χ1n) is 4.47. The average Bonchev–Trinajstić information content (AvgIpc) is 2.56. The molecule has 0 aliphatic heterocycles. The molecule has 0 atom stereocenters. The average molecular weight is 237 g/mol. The third-order valence-electron chi connectivity index (χ3n) is 1.83. The Bertz CT molecular complexity index is 479. The zero-order valence-electron chi connectivity index (χ0n) is 8.52. The molecule has 0 aliphatic carbocycles. The van der Waals surface area contributed by atoms with E-state index in [0.717, 1.165) is 20.6 Å². The molecule has 0 aliphatic rings. The molecule has 0 radical (unpaired) electrons. The Hall–Kier alpha value is -1.07. The van der Waals surface area contributed by atoms with Gasteiger partial charge in [-0.15, -0.1) is 11.3 Å². The molecule has 0 spiro atoms. The van der Waals surface area contributed by atoms with E-state index in [2.05, 4.69) is 9.97 Å². The van der Waals surface area contributed by atoms with Gasteiger partial charge in [-0.25, -0.2) is 9.97 Å². The molecular formula is C10H11N3S2. The molecule has 0 saturated carbocycles. The number of aromatic nitrogens is 2. The Morgan fingerprint density at radius 2 is 2.20 bits per heavy atom. The number of hydrogen-bond acceptors (Lipinski definition) is 5. The van der Waals surface area contributed by atoms with Gasteiger partial charge in [0.15, 0.2) is 4.34 Å². The predicted molar refractivity (Wildman–Crippen MR) is 64.4 cm³/mol. The fourth-order valence-corrected chi connectivity index (χ4v) is 2.93. The van der Waals surface area contributed by atoms with Crippen LogP contribution in [0.4, 0.5) is 5.69 Å². The van der Waals surface area contributed by atoms with Crippen LogP contribution in [0.5, 0.6) is 0 Å². The van der Waals surface area contributed by atoms with Crippen molar-refractivity contribution in [2.24, 2.45) is 0 Å². The summed E-state index contributed by atoms with van der Waals surface area (Å²) in [6.07, 6.45) is 1.68. The normalized spacial score (nSPS) is 10.5. The molecule has 15 heavy (non-hydrogen) atoms. The summed E-state index contributed by atoms with van der Waals surface area (Å²) in [5.74, 6) is 0. The van der Waals surface area contributed by atoms with E-state index in [4.69, 9.17) is 5.73 Å². The molecule has 0 unspecified atom stereocenters. The Morgan fingerprint density at radius 3 is 2.80 bits per heavy atom. The van der Waals surface area contributed by atoms with Crippen LogP contribution in [0.1, 0.15) is 11.3 Å². The highest BCUT2D eigenvalue weighted by atomic mass is 32.2. The molecular weight excluding hydrogens is 226 g/mol. The summed E-state index contributed by atoms with van der Waals surface area (Å²) in [7, 11) is 0. The highest BCUT2D eigenvalue weighted by Crippen LogP contribution is 2.31. The number of rotatable bonds is 2. The van der Waals surface area contributed by atoms with Gasteiger partial charge in [-0.05, 0) is 37.2 Å². The maximum Gasteiger partial charge on any atom is 0.156 e. The molecule has 2 heterocycles. The molecule has 2 N–H and O–H groups in total. The summed E-state index contributed by atoms with van der Waals surface area (Å²) in [6.45, 7) is 4.00. The van der Waals surface area contributed by atoms with Crippen molar-refractivity contribution in [3.05, 3.63) is 28.9 Å². The van der Waals surface area contributed by atoms with E-state index >= 15 is 0 Å². The van der Waals surface area contributed by atoms with Crippen LogP contribution in [-0.2, 0) is 0 Å². The second kappa shape index (κ2) is 4.20. The van der Waals surface area contributed by atoms with E-state index in [9.17, 15) is 0 Å². The molecule has 0 bridgehead atoms. The van der Waals surface area contributed by atoms with Crippen LogP contribution in [0.2, 0.25) is 0 Å².